The number of nitrogens with two attached hydrogens (primary N) is 1. The molecule has 1 atom stereocenters. The molecular formula is C9H24N4. The van der Waals surface area contributed by atoms with Crippen LogP contribution in [0.2, 0.25) is 0 Å². The first-order chi connectivity index (χ1) is 6.08. The lowest BCUT2D eigenvalue weighted by molar-refractivity contribution is 0.232. The van der Waals surface area contributed by atoms with Gasteiger partial charge in [0.2, 0.25) is 0 Å². The van der Waals surface area contributed by atoms with Gasteiger partial charge in [-0.05, 0) is 26.6 Å². The van der Waals surface area contributed by atoms with Crippen LogP contribution in [0.5, 0.6) is 0 Å². The van der Waals surface area contributed by atoms with Crippen molar-refractivity contribution in [3.8, 4) is 0 Å². The highest BCUT2D eigenvalue weighted by molar-refractivity contribution is 4.87. The van der Waals surface area contributed by atoms with Crippen LogP contribution in [0, 0.1) is 0 Å². The average Bonchev–Trinajstić information content (AvgIpc) is 2.04. The molecule has 4 heteroatoms. The van der Waals surface area contributed by atoms with Crippen molar-refractivity contribution < 1.29 is 0 Å². The highest BCUT2D eigenvalue weighted by Gasteiger charge is 2.27. The number of rotatable bonds is 7. The minimum Gasteiger partial charge on any atom is -0.311 e. The maximum Gasteiger partial charge on any atom is 0.0926 e. The van der Waals surface area contributed by atoms with Gasteiger partial charge in [-0.2, -0.15) is 0 Å². The van der Waals surface area contributed by atoms with Crippen molar-refractivity contribution in [2.45, 2.75) is 39.5 Å². The monoisotopic (exact) mass is 188 g/mol. The van der Waals surface area contributed by atoms with Crippen molar-refractivity contribution in [2.24, 2.45) is 5.73 Å². The second-order valence-corrected chi connectivity index (χ2v) is 3.36. The van der Waals surface area contributed by atoms with Gasteiger partial charge in [0.1, 0.15) is 0 Å². The van der Waals surface area contributed by atoms with E-state index in [1.807, 2.05) is 6.92 Å². The summed E-state index contributed by atoms with van der Waals surface area (Å²) in [7, 11) is 0. The van der Waals surface area contributed by atoms with Gasteiger partial charge in [0.25, 0.3) is 0 Å². The van der Waals surface area contributed by atoms with Crippen LogP contribution in [0.25, 0.3) is 0 Å². The van der Waals surface area contributed by atoms with Crippen LogP contribution in [0.15, 0.2) is 0 Å². The first-order valence-corrected chi connectivity index (χ1v) is 5.09. The fraction of sp³-hybridized carbons (Fsp3) is 1.00. The van der Waals surface area contributed by atoms with Crippen LogP contribution in [0.3, 0.4) is 0 Å². The van der Waals surface area contributed by atoms with E-state index in [4.69, 9.17) is 5.73 Å². The molecule has 1 unspecified atom stereocenters. The molecule has 0 radical (unpaired) electrons. The Morgan fingerprint density at radius 1 is 1.08 bits per heavy atom. The fourth-order valence-corrected chi connectivity index (χ4v) is 1.39. The normalized spacial score (nSPS) is 16.2. The third-order valence-corrected chi connectivity index (χ3v) is 1.97. The molecule has 0 heterocycles. The molecule has 0 saturated carbocycles. The second kappa shape index (κ2) is 6.32. The molecule has 0 spiro atoms. The van der Waals surface area contributed by atoms with Gasteiger partial charge in [0.05, 0.1) is 11.8 Å². The SMILES string of the molecule is CCNC(NCC)C(C)(N)NCC. The van der Waals surface area contributed by atoms with Crippen LogP contribution in [-0.2, 0) is 0 Å². The Labute approximate surface area is 81.6 Å². The average molecular weight is 188 g/mol. The van der Waals surface area contributed by atoms with E-state index in [0.717, 1.165) is 19.6 Å². The van der Waals surface area contributed by atoms with E-state index >= 15 is 0 Å². The Morgan fingerprint density at radius 3 is 1.85 bits per heavy atom. The first kappa shape index (κ1) is 12.8. The van der Waals surface area contributed by atoms with Gasteiger partial charge in [-0.25, -0.2) is 0 Å². The number of hydrogen-bond acceptors (Lipinski definition) is 4. The number of hydrogen-bond donors (Lipinski definition) is 4. The molecule has 0 saturated heterocycles. The summed E-state index contributed by atoms with van der Waals surface area (Å²) < 4.78 is 0. The van der Waals surface area contributed by atoms with E-state index in [0.29, 0.717) is 0 Å². The van der Waals surface area contributed by atoms with Gasteiger partial charge >= 0.3 is 0 Å². The Morgan fingerprint density at radius 2 is 1.54 bits per heavy atom. The highest BCUT2D eigenvalue weighted by atomic mass is 15.3. The van der Waals surface area contributed by atoms with E-state index in [-0.39, 0.29) is 6.17 Å². The molecule has 0 fully saturated rings. The molecule has 0 rings (SSSR count). The van der Waals surface area contributed by atoms with Gasteiger partial charge in [-0.1, -0.05) is 20.8 Å². The molecule has 0 aliphatic carbocycles. The lowest BCUT2D eigenvalue weighted by Crippen LogP contribution is -2.69. The molecule has 0 aliphatic rings. The third-order valence-electron chi connectivity index (χ3n) is 1.97. The van der Waals surface area contributed by atoms with Crippen LogP contribution >= 0.6 is 0 Å². The van der Waals surface area contributed by atoms with Crippen molar-refractivity contribution >= 4 is 0 Å². The summed E-state index contributed by atoms with van der Waals surface area (Å²) >= 11 is 0. The van der Waals surface area contributed by atoms with Gasteiger partial charge in [0.15, 0.2) is 0 Å². The van der Waals surface area contributed by atoms with Crippen molar-refractivity contribution in [3.05, 3.63) is 0 Å². The topological polar surface area (TPSA) is 62.1 Å². The van der Waals surface area contributed by atoms with E-state index < -0.39 is 5.66 Å². The molecule has 0 amide bonds. The van der Waals surface area contributed by atoms with Gasteiger partial charge < -0.3 is 5.73 Å². The number of likely N-dealkylation sites (N-methyl/N-ethyl adjacent to an activating group) is 3. The van der Waals surface area contributed by atoms with Crippen LogP contribution in [-0.4, -0.2) is 31.5 Å². The summed E-state index contributed by atoms with van der Waals surface area (Å²) in [6, 6.07) is 0. The summed E-state index contributed by atoms with van der Waals surface area (Å²) in [5, 5.41) is 9.86. The smallest absolute Gasteiger partial charge is 0.0926 e. The molecule has 0 bridgehead atoms. The zero-order valence-electron chi connectivity index (χ0n) is 9.28. The molecule has 13 heavy (non-hydrogen) atoms. The first-order valence-electron chi connectivity index (χ1n) is 5.09. The maximum atomic E-state index is 6.11. The third kappa shape index (κ3) is 4.57. The summed E-state index contributed by atoms with van der Waals surface area (Å²) in [5.74, 6) is 0. The molecular weight excluding hydrogens is 164 g/mol. The largest absolute Gasteiger partial charge is 0.311 e. The predicted octanol–water partition coefficient (Wildman–Crippen LogP) is -0.184. The lowest BCUT2D eigenvalue weighted by atomic mass is 10.1. The Hall–Kier alpha value is -0.160. The maximum absolute atomic E-state index is 6.11. The van der Waals surface area contributed by atoms with Crippen LogP contribution < -0.4 is 21.7 Å². The molecule has 0 aliphatic heterocycles. The Kier molecular flexibility index (Phi) is 6.24. The molecule has 0 aromatic carbocycles. The van der Waals surface area contributed by atoms with E-state index in [1.165, 1.54) is 0 Å². The van der Waals surface area contributed by atoms with E-state index in [2.05, 4.69) is 36.7 Å². The van der Waals surface area contributed by atoms with Crippen LogP contribution in [0.4, 0.5) is 0 Å². The quantitative estimate of drug-likeness (QED) is 0.418. The standard InChI is InChI=1S/C9H24N4/c1-5-11-8(12-6-2)9(4,10)13-7-3/h8,11-13H,5-7,10H2,1-4H3. The predicted molar refractivity (Wildman–Crippen MR) is 57.4 cm³/mol. The van der Waals surface area contributed by atoms with Crippen molar-refractivity contribution in [3.63, 3.8) is 0 Å². The van der Waals surface area contributed by atoms with Crippen LogP contribution in [0.1, 0.15) is 27.7 Å². The summed E-state index contributed by atoms with van der Waals surface area (Å²) in [6.45, 7) is 10.9. The van der Waals surface area contributed by atoms with E-state index in [1.54, 1.807) is 0 Å². The molecule has 0 aromatic rings. The lowest BCUT2D eigenvalue weighted by Gasteiger charge is -2.35. The van der Waals surface area contributed by atoms with Gasteiger partial charge in [-0.3, -0.25) is 16.0 Å². The molecule has 80 valence electrons. The Balaban J connectivity index is 4.13. The van der Waals surface area contributed by atoms with Crippen molar-refractivity contribution in [1.29, 1.82) is 0 Å². The Bertz CT molecular complexity index is 119. The highest BCUT2D eigenvalue weighted by Crippen LogP contribution is 1.98. The second-order valence-electron chi connectivity index (χ2n) is 3.36. The molecule has 4 nitrogen and oxygen atoms in total. The molecule has 0 aromatic heterocycles. The minimum absolute atomic E-state index is 0.113. The van der Waals surface area contributed by atoms with Gasteiger partial charge in [0, 0.05) is 0 Å². The fourth-order valence-electron chi connectivity index (χ4n) is 1.39. The summed E-state index contributed by atoms with van der Waals surface area (Å²) in [5.41, 5.74) is 5.71. The zero-order valence-corrected chi connectivity index (χ0v) is 9.28. The van der Waals surface area contributed by atoms with E-state index in [9.17, 15) is 0 Å². The minimum atomic E-state index is -0.402. The number of nitrogens with one attached hydrogen (secondary N) is 3. The van der Waals surface area contributed by atoms with Crippen molar-refractivity contribution in [1.82, 2.24) is 16.0 Å². The summed E-state index contributed by atoms with van der Waals surface area (Å²) in [6.07, 6.45) is 0.113. The summed E-state index contributed by atoms with van der Waals surface area (Å²) in [4.78, 5) is 0. The van der Waals surface area contributed by atoms with Gasteiger partial charge in [-0.15, -0.1) is 0 Å². The van der Waals surface area contributed by atoms with Crippen molar-refractivity contribution in [2.75, 3.05) is 19.6 Å². The molecule has 5 N–H and O–H groups in total. The zero-order chi connectivity index (χ0) is 10.3.